The van der Waals surface area contributed by atoms with E-state index in [0.29, 0.717) is 11.4 Å². The molecule has 0 unspecified atom stereocenters. The van der Waals surface area contributed by atoms with Crippen LogP contribution in [-0.2, 0) is 0 Å². The molecule has 0 spiro atoms. The van der Waals surface area contributed by atoms with E-state index in [2.05, 4.69) is 347 Å². The maximum absolute atomic E-state index is 7.68. The van der Waals surface area contributed by atoms with Crippen LogP contribution in [0.4, 0.5) is 0 Å². The summed E-state index contributed by atoms with van der Waals surface area (Å²) in [4.78, 5) is 20.3. The summed E-state index contributed by atoms with van der Waals surface area (Å²) in [7, 11) is -15.3. The van der Waals surface area contributed by atoms with Crippen LogP contribution in [0.25, 0.3) is 90.9 Å². The number of nitrogens with one attached hydrogen (secondary N) is 2. The molecule has 0 saturated heterocycles. The Balaban J connectivity index is 1.60. The van der Waals surface area contributed by atoms with Gasteiger partial charge >= 0.3 is 0 Å². The molecule has 5 heterocycles. The molecule has 96 heavy (non-hydrogen) atoms. The fourth-order valence-corrected chi connectivity index (χ4v) is 16.4. The van der Waals surface area contributed by atoms with Crippen LogP contribution in [0.2, 0.25) is 109 Å². The number of rotatable bonds is 16. The van der Waals surface area contributed by atoms with Gasteiger partial charge in [-0.25, -0.2) is 9.97 Å². The molecular formula is C80H114N4O6Si6. The maximum atomic E-state index is 7.68. The van der Waals surface area contributed by atoms with E-state index in [1.165, 1.54) is 0 Å². The van der Waals surface area contributed by atoms with E-state index in [9.17, 15) is 0 Å². The normalized spacial score (nSPS) is 14.1. The number of H-pyrrole nitrogens is 2. The third-order valence-electron chi connectivity index (χ3n) is 22.6. The molecular weight excluding hydrogens is 1280 g/mol. The molecule has 514 valence electrons. The van der Waals surface area contributed by atoms with Crippen molar-refractivity contribution in [3.05, 3.63) is 132 Å². The van der Waals surface area contributed by atoms with E-state index in [1.54, 1.807) is 0 Å². The van der Waals surface area contributed by atoms with Gasteiger partial charge in [-0.05, 0) is 199 Å². The Hall–Kier alpha value is -6.42. The molecule has 8 bridgehead atoms. The summed E-state index contributed by atoms with van der Waals surface area (Å²) in [5.41, 5.74) is 13.4. The SMILES string of the molecule is CC(C)(C)[Si](C)(C)Oc1cccc(O[Si](C)(C)C(C)(C)C)c1-c1c2nc(c(-c3c(O[Si](C)(C)C(C)(C)C)cccc3O[Si](C)(C)C(C)(C)C)c3ccc([nH]3)c(-c3ccccc3)c3ccc([nH]3)c(-c3c(O[Si](C)(C)C(C)(C)C)cccc3O[Si](C)(C)C(C)(C)C)c3nc1C=C3)C=C2. The summed E-state index contributed by atoms with van der Waals surface area (Å²) >= 11 is 0. The first-order valence-electron chi connectivity index (χ1n) is 34.6. The number of hydrogen-bond acceptors (Lipinski definition) is 8. The smallest absolute Gasteiger partial charge is 0.250 e. The molecule has 9 rings (SSSR count). The van der Waals surface area contributed by atoms with E-state index >= 15 is 0 Å². The molecule has 10 nitrogen and oxygen atoms in total. The maximum Gasteiger partial charge on any atom is 0.250 e. The van der Waals surface area contributed by atoms with Gasteiger partial charge in [0, 0.05) is 44.3 Å². The van der Waals surface area contributed by atoms with E-state index in [-0.39, 0.29) is 30.2 Å². The van der Waals surface area contributed by atoms with E-state index in [0.717, 1.165) is 112 Å². The highest BCUT2D eigenvalue weighted by atomic mass is 28.4. The number of fused-ring (bicyclic) bond motifs is 8. The fraction of sp³-hybridized carbons (Fsp3) is 0.450. The third kappa shape index (κ3) is 14.7. The third-order valence-corrected chi connectivity index (χ3v) is 48.6. The molecule has 2 aliphatic rings. The minimum atomic E-state index is -2.58. The van der Waals surface area contributed by atoms with Crippen LogP contribution >= 0.6 is 0 Å². The van der Waals surface area contributed by atoms with Gasteiger partial charge in [0.25, 0.3) is 49.9 Å². The number of nitrogens with zero attached hydrogens (tertiary/aromatic N) is 2. The molecule has 0 fully saturated rings. The molecule has 2 aliphatic heterocycles. The van der Waals surface area contributed by atoms with Gasteiger partial charge < -0.3 is 36.5 Å². The summed E-state index contributed by atoms with van der Waals surface area (Å²) in [5.74, 6) is 4.48. The zero-order valence-electron chi connectivity index (χ0n) is 64.0. The Labute approximate surface area is 583 Å². The number of benzene rings is 4. The summed E-state index contributed by atoms with van der Waals surface area (Å²) in [5, 5.41) is -0.787. The Bertz CT molecular complexity index is 3980. The van der Waals surface area contributed by atoms with Crippen LogP contribution < -0.4 is 26.6 Å². The van der Waals surface area contributed by atoms with Crippen LogP contribution in [-0.4, -0.2) is 69.8 Å². The van der Waals surface area contributed by atoms with Crippen molar-refractivity contribution < 1.29 is 26.6 Å². The topological polar surface area (TPSA) is 113 Å². The standard InChI is InChI=1S/C80H114N4O6Si6/c1-75(2,3)91(19,20)85-62-39-34-40-63(86-92(21,22)76(4,5)6)72(62)69-56-47-45-54(81-56)68(53-37-32-31-33-38-53)55-46-48-57(82-55)70(73-64(87-93(23,24)77(7,8)9)41-35-42-65(73)88-94(25,26)78(10,11)12)59-50-52-61(84-59)71(60-51-49-58(69)83-60)74-66(89-95(27,28)79(13,14)15)43-36-44-67(74)90-96(29,30)80(16,17)18/h31-52,81-82H,1-30H3. The van der Waals surface area contributed by atoms with Crippen molar-refractivity contribution in [1.29, 1.82) is 0 Å². The highest BCUT2D eigenvalue weighted by Crippen LogP contribution is 2.54. The second-order valence-corrected chi connectivity index (χ2v) is 64.3. The molecule has 0 amide bonds. The molecule has 4 aromatic carbocycles. The molecule has 3 aromatic heterocycles. The molecule has 0 aliphatic carbocycles. The predicted octanol–water partition coefficient (Wildman–Crippen LogP) is 25.6. The van der Waals surface area contributed by atoms with Crippen molar-refractivity contribution in [2.24, 2.45) is 0 Å². The zero-order chi connectivity index (χ0) is 71.3. The first-order valence-corrected chi connectivity index (χ1v) is 52.1. The first-order chi connectivity index (χ1) is 43.9. The lowest BCUT2D eigenvalue weighted by molar-refractivity contribution is 0.477. The second kappa shape index (κ2) is 25.4. The van der Waals surface area contributed by atoms with E-state index in [4.69, 9.17) is 36.5 Å². The summed E-state index contributed by atoms with van der Waals surface area (Å²) < 4.78 is 45.8. The van der Waals surface area contributed by atoms with Gasteiger partial charge in [0.15, 0.2) is 0 Å². The lowest BCUT2D eigenvalue weighted by Gasteiger charge is -2.39. The van der Waals surface area contributed by atoms with Crippen LogP contribution in [0.15, 0.2) is 109 Å². The zero-order valence-corrected chi connectivity index (χ0v) is 70.0. The molecule has 7 aromatic rings. The van der Waals surface area contributed by atoms with Crippen molar-refractivity contribution in [1.82, 2.24) is 19.9 Å². The number of hydrogen-bond donors (Lipinski definition) is 2. The lowest BCUT2D eigenvalue weighted by Crippen LogP contribution is -2.44. The number of aromatic nitrogens is 4. The van der Waals surface area contributed by atoms with Crippen molar-refractivity contribution in [3.8, 4) is 79.0 Å². The van der Waals surface area contributed by atoms with Crippen molar-refractivity contribution in [3.63, 3.8) is 0 Å². The average Bonchev–Trinajstić information content (AvgIpc) is 1.43. The van der Waals surface area contributed by atoms with Crippen LogP contribution in [0.5, 0.6) is 34.5 Å². The number of aromatic amines is 2. The Morgan fingerprint density at radius 3 is 0.677 bits per heavy atom. The van der Waals surface area contributed by atoms with Gasteiger partial charge in [0.05, 0.1) is 39.5 Å². The first kappa shape index (κ1) is 73.8. The monoisotopic (exact) mass is 1390 g/mol. The fourth-order valence-electron chi connectivity index (χ4n) is 10.3. The Morgan fingerprint density at radius 2 is 0.448 bits per heavy atom. The molecule has 0 radical (unpaired) electrons. The highest BCUT2D eigenvalue weighted by Gasteiger charge is 2.46. The van der Waals surface area contributed by atoms with E-state index < -0.39 is 49.9 Å². The quantitative estimate of drug-likeness (QED) is 0.0920. The lowest BCUT2D eigenvalue weighted by atomic mass is 10.00. The van der Waals surface area contributed by atoms with Crippen molar-refractivity contribution >= 4 is 96.3 Å². The predicted molar refractivity (Wildman–Crippen MR) is 428 cm³/mol. The molecule has 2 N–H and O–H groups in total. The summed E-state index contributed by atoms with van der Waals surface area (Å²) in [6, 6.07) is 38.6. The molecule has 0 atom stereocenters. The van der Waals surface area contributed by atoms with Gasteiger partial charge in [-0.2, -0.15) is 0 Å². The minimum Gasteiger partial charge on any atom is -0.543 e. The van der Waals surface area contributed by atoms with Gasteiger partial charge in [-0.15, -0.1) is 0 Å². The van der Waals surface area contributed by atoms with Gasteiger partial charge in [-0.1, -0.05) is 173 Å². The highest BCUT2D eigenvalue weighted by molar-refractivity contribution is 6.77. The summed E-state index contributed by atoms with van der Waals surface area (Å²) in [6.07, 6.45) is 8.69. The van der Waals surface area contributed by atoms with Crippen LogP contribution in [0.3, 0.4) is 0 Å². The van der Waals surface area contributed by atoms with Crippen molar-refractivity contribution in [2.45, 2.75) is 233 Å². The second-order valence-electron chi connectivity index (χ2n) is 35.9. The van der Waals surface area contributed by atoms with Gasteiger partial charge in [0.2, 0.25) is 0 Å². The van der Waals surface area contributed by atoms with Gasteiger partial charge in [-0.3, -0.25) is 0 Å². The summed E-state index contributed by atoms with van der Waals surface area (Å²) in [6.45, 7) is 69.1. The van der Waals surface area contributed by atoms with Crippen LogP contribution in [0.1, 0.15) is 147 Å². The van der Waals surface area contributed by atoms with Gasteiger partial charge in [0.1, 0.15) is 34.5 Å². The minimum absolute atomic E-state index is 0.124. The Morgan fingerprint density at radius 1 is 0.240 bits per heavy atom. The molecule has 16 heteroatoms. The average molecular weight is 1400 g/mol. The molecule has 0 saturated carbocycles. The van der Waals surface area contributed by atoms with E-state index in [1.807, 2.05) is 0 Å². The largest absolute Gasteiger partial charge is 0.543 e. The van der Waals surface area contributed by atoms with Crippen molar-refractivity contribution in [2.75, 3.05) is 0 Å². The Kier molecular flexibility index (Phi) is 19.5. The van der Waals surface area contributed by atoms with Crippen LogP contribution in [0, 0.1) is 0 Å².